The van der Waals surface area contributed by atoms with E-state index < -0.39 is 10.0 Å². The van der Waals surface area contributed by atoms with Crippen LogP contribution in [0.2, 0.25) is 5.02 Å². The zero-order valence-corrected chi connectivity index (χ0v) is 21.8. The molecule has 0 aromatic heterocycles. The molecule has 36 heavy (non-hydrogen) atoms. The fourth-order valence-electron chi connectivity index (χ4n) is 5.00. The first-order chi connectivity index (χ1) is 17.3. The number of amides is 1. The number of hydrogen-bond donors (Lipinski definition) is 0. The van der Waals surface area contributed by atoms with Gasteiger partial charge in [0.1, 0.15) is 5.75 Å². The van der Waals surface area contributed by atoms with Crippen LogP contribution in [0.4, 0.5) is 0 Å². The third-order valence-corrected chi connectivity index (χ3v) is 9.18. The van der Waals surface area contributed by atoms with Crippen LogP contribution in [0.15, 0.2) is 41.3 Å². The monoisotopic (exact) mass is 535 g/mol. The Balaban J connectivity index is 1.17. The summed E-state index contributed by atoms with van der Waals surface area (Å²) in [6.45, 7) is 4.38. The number of fused-ring (bicyclic) bond motifs is 1. The van der Waals surface area contributed by atoms with E-state index in [0.717, 1.165) is 36.7 Å². The fourth-order valence-corrected chi connectivity index (χ4v) is 6.87. The quantitative estimate of drug-likeness (QED) is 0.562. The number of rotatable bonds is 6. The van der Waals surface area contributed by atoms with Crippen molar-refractivity contribution in [2.24, 2.45) is 5.92 Å². The van der Waals surface area contributed by atoms with Crippen molar-refractivity contribution in [2.75, 3.05) is 53.2 Å². The molecule has 3 heterocycles. The van der Waals surface area contributed by atoms with Gasteiger partial charge in [0.15, 0.2) is 11.5 Å². The molecule has 2 fully saturated rings. The Morgan fingerprint density at radius 3 is 2.58 bits per heavy atom. The van der Waals surface area contributed by atoms with E-state index in [2.05, 4.69) is 4.90 Å². The summed E-state index contributed by atoms with van der Waals surface area (Å²) in [6, 6.07) is 10.4. The summed E-state index contributed by atoms with van der Waals surface area (Å²) in [5.41, 5.74) is 1.14. The van der Waals surface area contributed by atoms with Crippen LogP contribution in [0, 0.1) is 5.92 Å². The highest BCUT2D eigenvalue weighted by Crippen LogP contribution is 2.33. The molecular formula is C25H30ClN3O6S. The predicted octanol–water partition coefficient (Wildman–Crippen LogP) is 2.82. The SMILES string of the molecule is COc1ccc(S(=O)(=O)N2CCC[C@@H](C(=O)N3CCN(Cc4ccc5c(c4)OCO5)CC3)C2)cc1Cl. The molecule has 2 aromatic carbocycles. The maximum atomic E-state index is 13.3. The number of sulfonamides is 1. The molecule has 2 aromatic rings. The summed E-state index contributed by atoms with van der Waals surface area (Å²) in [5.74, 6) is 1.65. The summed E-state index contributed by atoms with van der Waals surface area (Å²) >= 11 is 6.16. The van der Waals surface area contributed by atoms with Gasteiger partial charge < -0.3 is 19.1 Å². The second-order valence-corrected chi connectivity index (χ2v) is 11.6. The van der Waals surface area contributed by atoms with E-state index >= 15 is 0 Å². The molecule has 5 rings (SSSR count). The Hall–Kier alpha value is -2.53. The Bertz CT molecular complexity index is 1230. The van der Waals surface area contributed by atoms with E-state index in [-0.39, 0.29) is 35.1 Å². The minimum atomic E-state index is -3.76. The van der Waals surface area contributed by atoms with Crippen LogP contribution in [0.5, 0.6) is 17.2 Å². The van der Waals surface area contributed by atoms with Gasteiger partial charge >= 0.3 is 0 Å². The Morgan fingerprint density at radius 2 is 1.83 bits per heavy atom. The molecule has 1 amide bonds. The van der Waals surface area contributed by atoms with Gasteiger partial charge in [0, 0.05) is 45.8 Å². The van der Waals surface area contributed by atoms with Crippen molar-refractivity contribution in [1.29, 1.82) is 0 Å². The van der Waals surface area contributed by atoms with Gasteiger partial charge in [-0.15, -0.1) is 0 Å². The number of piperazine rings is 1. The molecule has 0 saturated carbocycles. The van der Waals surface area contributed by atoms with E-state index in [0.29, 0.717) is 38.2 Å². The molecule has 0 aliphatic carbocycles. The average molecular weight is 536 g/mol. The normalized spacial score (nSPS) is 20.9. The number of nitrogens with zero attached hydrogens (tertiary/aromatic N) is 3. The Kier molecular flexibility index (Phi) is 7.30. The first kappa shape index (κ1) is 25.1. The molecule has 0 N–H and O–H groups in total. The van der Waals surface area contributed by atoms with Crippen molar-refractivity contribution >= 4 is 27.5 Å². The molecular weight excluding hydrogens is 506 g/mol. The molecule has 9 nitrogen and oxygen atoms in total. The van der Waals surface area contributed by atoms with E-state index in [4.69, 9.17) is 25.8 Å². The molecule has 11 heteroatoms. The molecule has 194 valence electrons. The highest BCUT2D eigenvalue weighted by atomic mass is 35.5. The molecule has 3 aliphatic rings. The van der Waals surface area contributed by atoms with E-state index in [9.17, 15) is 13.2 Å². The fraction of sp³-hybridized carbons (Fsp3) is 0.480. The molecule has 2 saturated heterocycles. The van der Waals surface area contributed by atoms with Gasteiger partial charge in [-0.25, -0.2) is 8.42 Å². The molecule has 0 radical (unpaired) electrons. The lowest BCUT2D eigenvalue weighted by Crippen LogP contribution is -2.52. The zero-order valence-electron chi connectivity index (χ0n) is 20.2. The van der Waals surface area contributed by atoms with Crippen molar-refractivity contribution in [2.45, 2.75) is 24.3 Å². The second kappa shape index (κ2) is 10.5. The topological polar surface area (TPSA) is 88.6 Å². The van der Waals surface area contributed by atoms with E-state index in [1.54, 1.807) is 6.07 Å². The van der Waals surface area contributed by atoms with Crippen LogP contribution in [-0.2, 0) is 21.4 Å². The lowest BCUT2D eigenvalue weighted by atomic mass is 9.97. The molecule has 3 aliphatic heterocycles. The van der Waals surface area contributed by atoms with Crippen LogP contribution in [0.1, 0.15) is 18.4 Å². The van der Waals surface area contributed by atoms with Crippen molar-refractivity contribution in [3.05, 3.63) is 47.0 Å². The van der Waals surface area contributed by atoms with Gasteiger partial charge in [0.2, 0.25) is 22.7 Å². The van der Waals surface area contributed by atoms with Crippen molar-refractivity contribution in [3.8, 4) is 17.2 Å². The maximum absolute atomic E-state index is 13.3. The number of carbonyl (C=O) groups is 1. The van der Waals surface area contributed by atoms with Gasteiger partial charge in [-0.3, -0.25) is 9.69 Å². The van der Waals surface area contributed by atoms with Crippen LogP contribution in [0.3, 0.4) is 0 Å². The van der Waals surface area contributed by atoms with Crippen molar-refractivity contribution < 1.29 is 27.4 Å². The van der Waals surface area contributed by atoms with Gasteiger partial charge in [-0.1, -0.05) is 17.7 Å². The van der Waals surface area contributed by atoms with Gasteiger partial charge in [0.25, 0.3) is 0 Å². The number of piperidine rings is 1. The third kappa shape index (κ3) is 5.13. The predicted molar refractivity (Wildman–Crippen MR) is 134 cm³/mol. The number of hydrogen-bond acceptors (Lipinski definition) is 7. The minimum Gasteiger partial charge on any atom is -0.495 e. The molecule has 0 bridgehead atoms. The largest absolute Gasteiger partial charge is 0.495 e. The zero-order chi connectivity index (χ0) is 25.3. The molecule has 1 atom stereocenters. The number of halogens is 1. The van der Waals surface area contributed by atoms with Crippen molar-refractivity contribution in [3.63, 3.8) is 0 Å². The summed E-state index contributed by atoms with van der Waals surface area (Å²) in [6.07, 6.45) is 1.33. The number of carbonyl (C=O) groups excluding carboxylic acids is 1. The Morgan fingerprint density at radius 1 is 1.06 bits per heavy atom. The van der Waals surface area contributed by atoms with Gasteiger partial charge in [-0.05, 0) is 48.7 Å². The van der Waals surface area contributed by atoms with Crippen molar-refractivity contribution in [1.82, 2.24) is 14.1 Å². The van der Waals surface area contributed by atoms with E-state index in [1.807, 2.05) is 23.1 Å². The van der Waals surface area contributed by atoms with Gasteiger partial charge in [-0.2, -0.15) is 4.31 Å². The van der Waals surface area contributed by atoms with Crippen LogP contribution >= 0.6 is 11.6 Å². The third-order valence-electron chi connectivity index (χ3n) is 7.02. The smallest absolute Gasteiger partial charge is 0.243 e. The maximum Gasteiger partial charge on any atom is 0.243 e. The summed E-state index contributed by atoms with van der Waals surface area (Å²) in [5, 5.41) is 0.238. The first-order valence-corrected chi connectivity index (χ1v) is 13.9. The highest BCUT2D eigenvalue weighted by molar-refractivity contribution is 7.89. The summed E-state index contributed by atoms with van der Waals surface area (Å²) in [4.78, 5) is 17.6. The standard InChI is InChI=1S/C25H30ClN3O6S/c1-33-22-7-5-20(14-21(22)26)36(31,32)29-8-2-3-19(16-29)25(30)28-11-9-27(10-12-28)15-18-4-6-23-24(13-18)35-17-34-23/h4-7,13-14,19H,2-3,8-12,15-17H2,1H3/t19-/m1/s1. The van der Waals surface area contributed by atoms with Gasteiger partial charge in [0.05, 0.1) is 22.9 Å². The van der Waals surface area contributed by atoms with Crippen LogP contribution in [0.25, 0.3) is 0 Å². The Labute approximate surface area is 216 Å². The first-order valence-electron chi connectivity index (χ1n) is 12.1. The molecule has 0 spiro atoms. The van der Waals surface area contributed by atoms with E-state index in [1.165, 1.54) is 23.5 Å². The number of methoxy groups -OCH3 is 1. The average Bonchev–Trinajstić information content (AvgIpc) is 3.37. The second-order valence-electron chi connectivity index (χ2n) is 9.29. The number of ether oxygens (including phenoxy) is 3. The lowest BCUT2D eigenvalue weighted by Gasteiger charge is -2.38. The molecule has 0 unspecified atom stereocenters. The highest BCUT2D eigenvalue weighted by Gasteiger charge is 2.36. The van der Waals surface area contributed by atoms with Crippen LogP contribution < -0.4 is 14.2 Å². The summed E-state index contributed by atoms with van der Waals surface area (Å²) < 4.78 is 43.9. The summed E-state index contributed by atoms with van der Waals surface area (Å²) in [7, 11) is -2.28. The lowest BCUT2D eigenvalue weighted by molar-refractivity contribution is -0.138. The van der Waals surface area contributed by atoms with Crippen LogP contribution in [-0.4, -0.2) is 81.6 Å². The minimum absolute atomic E-state index is 0.0328. The number of benzene rings is 2.